The predicted molar refractivity (Wildman–Crippen MR) is 115 cm³/mol. The first kappa shape index (κ1) is 19.9. The molecule has 3 rings (SSSR count). The zero-order valence-electron chi connectivity index (χ0n) is 16.0. The molecule has 0 saturated heterocycles. The Bertz CT molecular complexity index is 1080. The summed E-state index contributed by atoms with van der Waals surface area (Å²) in [5.41, 5.74) is 4.56. The van der Waals surface area contributed by atoms with Crippen LogP contribution in [0.2, 0.25) is 5.02 Å². The summed E-state index contributed by atoms with van der Waals surface area (Å²) in [5.74, 6) is 0.574. The van der Waals surface area contributed by atoms with Crippen LogP contribution < -0.4 is 4.74 Å². The fourth-order valence-electron chi connectivity index (χ4n) is 2.60. The van der Waals surface area contributed by atoms with Crippen LogP contribution in [0.15, 0.2) is 41.4 Å². The average molecular weight is 411 g/mol. The van der Waals surface area contributed by atoms with E-state index in [1.54, 1.807) is 12.4 Å². The van der Waals surface area contributed by atoms with Gasteiger partial charge in [0.15, 0.2) is 0 Å². The molecule has 2 aromatic carbocycles. The highest BCUT2D eigenvalue weighted by atomic mass is 35.5. The summed E-state index contributed by atoms with van der Waals surface area (Å²) in [4.78, 5) is 6.19. The van der Waals surface area contributed by atoms with Crippen LogP contribution in [-0.2, 0) is 0 Å². The fourth-order valence-corrected chi connectivity index (χ4v) is 3.53. The number of aryl methyl sites for hydroxylation is 2. The Labute approximate surface area is 173 Å². The Morgan fingerprint density at radius 1 is 1.21 bits per heavy atom. The van der Waals surface area contributed by atoms with Gasteiger partial charge in [-0.2, -0.15) is 9.64 Å². The van der Waals surface area contributed by atoms with E-state index >= 15 is 0 Å². The van der Waals surface area contributed by atoms with Gasteiger partial charge < -0.3 is 9.64 Å². The van der Waals surface area contributed by atoms with Gasteiger partial charge in [-0.05, 0) is 31.0 Å². The molecule has 0 aliphatic rings. The van der Waals surface area contributed by atoms with Crippen molar-refractivity contribution in [2.24, 2.45) is 4.99 Å². The standard InChI is InChI=1S/C21H19ClN4OS/c1-13-7-5-6-8-15(13)20-16(11-23)21(28-25-20)27-19-10-17(22)18(9-14(19)2)24-12-26(3)4/h5-10,12H,1-4H3. The van der Waals surface area contributed by atoms with Crippen molar-refractivity contribution in [3.63, 3.8) is 0 Å². The fraction of sp³-hybridized carbons (Fsp3) is 0.190. The van der Waals surface area contributed by atoms with Gasteiger partial charge in [-0.15, -0.1) is 0 Å². The summed E-state index contributed by atoms with van der Waals surface area (Å²) in [5, 5.41) is 10.6. The van der Waals surface area contributed by atoms with E-state index in [0.717, 1.165) is 28.2 Å². The maximum atomic E-state index is 9.70. The highest BCUT2D eigenvalue weighted by Crippen LogP contribution is 2.40. The van der Waals surface area contributed by atoms with Crippen molar-refractivity contribution < 1.29 is 4.74 Å². The van der Waals surface area contributed by atoms with Gasteiger partial charge in [-0.1, -0.05) is 35.9 Å². The Kier molecular flexibility index (Phi) is 5.98. The minimum atomic E-state index is 0.421. The first-order valence-corrected chi connectivity index (χ1v) is 9.70. The molecule has 0 aliphatic carbocycles. The number of benzene rings is 2. The zero-order chi connectivity index (χ0) is 20.3. The lowest BCUT2D eigenvalue weighted by Crippen LogP contribution is -2.07. The van der Waals surface area contributed by atoms with E-state index in [1.807, 2.05) is 63.2 Å². The monoisotopic (exact) mass is 410 g/mol. The van der Waals surface area contributed by atoms with Crippen molar-refractivity contribution in [1.29, 1.82) is 5.26 Å². The van der Waals surface area contributed by atoms with Crippen LogP contribution >= 0.6 is 23.1 Å². The van der Waals surface area contributed by atoms with Crippen molar-refractivity contribution >= 4 is 35.2 Å². The Morgan fingerprint density at radius 3 is 2.64 bits per heavy atom. The normalized spacial score (nSPS) is 10.9. The first-order chi connectivity index (χ1) is 13.4. The molecule has 142 valence electrons. The van der Waals surface area contributed by atoms with E-state index in [9.17, 15) is 5.26 Å². The van der Waals surface area contributed by atoms with Gasteiger partial charge in [0.2, 0.25) is 5.06 Å². The van der Waals surface area contributed by atoms with Gasteiger partial charge in [0, 0.05) is 37.3 Å². The Morgan fingerprint density at radius 2 is 1.96 bits per heavy atom. The van der Waals surface area contributed by atoms with Crippen molar-refractivity contribution in [2.45, 2.75) is 13.8 Å². The molecule has 0 saturated carbocycles. The molecule has 1 aromatic heterocycles. The van der Waals surface area contributed by atoms with Crippen LogP contribution in [0, 0.1) is 25.2 Å². The molecule has 28 heavy (non-hydrogen) atoms. The average Bonchev–Trinajstić information content (AvgIpc) is 3.06. The number of halogens is 1. The number of aliphatic imine (C=N–C) groups is 1. The minimum absolute atomic E-state index is 0.421. The molecule has 1 heterocycles. The highest BCUT2D eigenvalue weighted by molar-refractivity contribution is 7.08. The molecule has 0 amide bonds. The van der Waals surface area contributed by atoms with Crippen LogP contribution in [0.3, 0.4) is 0 Å². The molecule has 7 heteroatoms. The van der Waals surface area contributed by atoms with E-state index in [1.165, 1.54) is 0 Å². The number of rotatable bonds is 5. The van der Waals surface area contributed by atoms with Gasteiger partial charge >= 0.3 is 0 Å². The third-order valence-corrected chi connectivity index (χ3v) is 5.08. The van der Waals surface area contributed by atoms with Crippen molar-refractivity contribution in [3.05, 3.63) is 58.1 Å². The van der Waals surface area contributed by atoms with Gasteiger partial charge in [-0.3, -0.25) is 0 Å². The lowest BCUT2D eigenvalue weighted by Gasteiger charge is -2.10. The van der Waals surface area contributed by atoms with Crippen LogP contribution in [0.25, 0.3) is 11.3 Å². The van der Waals surface area contributed by atoms with Gasteiger partial charge in [-0.25, -0.2) is 4.99 Å². The highest BCUT2D eigenvalue weighted by Gasteiger charge is 2.19. The number of aromatic nitrogens is 1. The van der Waals surface area contributed by atoms with E-state index in [2.05, 4.69) is 15.4 Å². The molecule has 3 aromatic rings. The third kappa shape index (κ3) is 4.16. The summed E-state index contributed by atoms with van der Waals surface area (Å²) >= 11 is 7.52. The topological polar surface area (TPSA) is 61.5 Å². The van der Waals surface area contributed by atoms with Gasteiger partial charge in [0.1, 0.15) is 23.1 Å². The molecular weight excluding hydrogens is 392 g/mol. The minimum Gasteiger partial charge on any atom is -0.443 e. The predicted octanol–water partition coefficient (Wildman–Crippen LogP) is 5.97. The first-order valence-electron chi connectivity index (χ1n) is 8.55. The SMILES string of the molecule is Cc1cc(N=CN(C)C)c(Cl)cc1Oc1snc(-c2ccccc2C)c1C#N. The molecular formula is C21H19ClN4OS. The quantitative estimate of drug-likeness (QED) is 0.384. The van der Waals surface area contributed by atoms with Crippen molar-refractivity contribution in [3.8, 4) is 28.1 Å². The zero-order valence-corrected chi connectivity index (χ0v) is 17.6. The number of nitrogens with zero attached hydrogens (tertiary/aromatic N) is 4. The largest absolute Gasteiger partial charge is 0.443 e. The van der Waals surface area contributed by atoms with Gasteiger partial charge in [0.25, 0.3) is 0 Å². The molecule has 0 atom stereocenters. The second-order valence-corrected chi connectivity index (χ2v) is 7.64. The Hall–Kier alpha value is -2.88. The number of ether oxygens (including phenoxy) is 1. The second-order valence-electron chi connectivity index (χ2n) is 6.50. The van der Waals surface area contributed by atoms with Crippen molar-refractivity contribution in [1.82, 2.24) is 9.27 Å². The summed E-state index contributed by atoms with van der Waals surface area (Å²) in [6, 6.07) is 13.6. The van der Waals surface area contributed by atoms with E-state index in [0.29, 0.717) is 32.8 Å². The van der Waals surface area contributed by atoms with E-state index in [-0.39, 0.29) is 0 Å². The number of nitriles is 1. The maximum Gasteiger partial charge on any atom is 0.218 e. The van der Waals surface area contributed by atoms with Crippen molar-refractivity contribution in [2.75, 3.05) is 14.1 Å². The van der Waals surface area contributed by atoms with Crippen LogP contribution in [-0.4, -0.2) is 29.7 Å². The molecule has 0 spiro atoms. The lowest BCUT2D eigenvalue weighted by atomic mass is 10.0. The molecule has 0 radical (unpaired) electrons. The van der Waals surface area contributed by atoms with E-state index < -0.39 is 0 Å². The summed E-state index contributed by atoms with van der Waals surface area (Å²) in [6.45, 7) is 3.91. The summed E-state index contributed by atoms with van der Waals surface area (Å²) in [6.07, 6.45) is 1.69. The smallest absolute Gasteiger partial charge is 0.218 e. The molecule has 0 unspecified atom stereocenters. The molecule has 0 fully saturated rings. The van der Waals surface area contributed by atoms with Crippen LogP contribution in [0.4, 0.5) is 5.69 Å². The molecule has 0 N–H and O–H groups in total. The number of hydrogen-bond acceptors (Lipinski definition) is 5. The van der Waals surface area contributed by atoms with Crippen LogP contribution in [0.5, 0.6) is 10.8 Å². The summed E-state index contributed by atoms with van der Waals surface area (Å²) in [7, 11) is 3.78. The van der Waals surface area contributed by atoms with Crippen LogP contribution in [0.1, 0.15) is 16.7 Å². The maximum absolute atomic E-state index is 9.70. The second kappa shape index (κ2) is 8.42. The summed E-state index contributed by atoms with van der Waals surface area (Å²) < 4.78 is 10.5. The van der Waals surface area contributed by atoms with E-state index in [4.69, 9.17) is 16.3 Å². The lowest BCUT2D eigenvalue weighted by molar-refractivity contribution is 0.491. The Balaban J connectivity index is 1.96. The molecule has 0 bridgehead atoms. The molecule has 5 nitrogen and oxygen atoms in total. The molecule has 0 aliphatic heterocycles. The number of hydrogen-bond donors (Lipinski definition) is 0. The third-order valence-electron chi connectivity index (χ3n) is 4.05. The van der Waals surface area contributed by atoms with Gasteiger partial charge in [0.05, 0.1) is 17.0 Å².